The van der Waals surface area contributed by atoms with Gasteiger partial charge in [0.15, 0.2) is 5.75 Å². The van der Waals surface area contributed by atoms with Gasteiger partial charge in [-0.3, -0.25) is 0 Å². The van der Waals surface area contributed by atoms with Crippen LogP contribution < -0.4 is 10.5 Å². The zero-order chi connectivity index (χ0) is 14.7. The number of fused-ring (bicyclic) bond motifs is 1. The Bertz CT molecular complexity index is 749. The van der Waals surface area contributed by atoms with Gasteiger partial charge in [-0.05, 0) is 18.6 Å². The van der Waals surface area contributed by atoms with Gasteiger partial charge >= 0.3 is 0 Å². The number of hydrogen-bond acceptors (Lipinski definition) is 4. The van der Waals surface area contributed by atoms with Crippen LogP contribution in [0.4, 0.5) is 0 Å². The van der Waals surface area contributed by atoms with E-state index in [9.17, 15) is 0 Å². The summed E-state index contributed by atoms with van der Waals surface area (Å²) in [5.41, 5.74) is 6.43. The van der Waals surface area contributed by atoms with Crippen LogP contribution in [0.2, 0.25) is 0 Å². The summed E-state index contributed by atoms with van der Waals surface area (Å²) in [5, 5.41) is 0.892. The molecule has 108 valence electrons. The van der Waals surface area contributed by atoms with E-state index in [2.05, 4.69) is 4.98 Å². The van der Waals surface area contributed by atoms with E-state index in [-0.39, 0.29) is 4.99 Å². The molecule has 1 aromatic carbocycles. The summed E-state index contributed by atoms with van der Waals surface area (Å²) in [6, 6.07) is 7.64. The van der Waals surface area contributed by atoms with Gasteiger partial charge in [0.05, 0.1) is 18.3 Å². The maximum Gasteiger partial charge on any atom is 0.204 e. The van der Waals surface area contributed by atoms with Crippen molar-refractivity contribution in [3.63, 3.8) is 0 Å². The number of ether oxygens (including phenoxy) is 1. The lowest BCUT2D eigenvalue weighted by molar-refractivity contribution is 0.300. The van der Waals surface area contributed by atoms with Crippen molar-refractivity contribution in [1.82, 2.24) is 9.55 Å². The first kappa shape index (κ1) is 13.6. The van der Waals surface area contributed by atoms with Crippen LogP contribution in [0.15, 0.2) is 47.4 Å². The maximum atomic E-state index is 5.86. The third-order valence-corrected chi connectivity index (χ3v) is 3.33. The van der Waals surface area contributed by atoms with E-state index >= 15 is 0 Å². The van der Waals surface area contributed by atoms with Crippen molar-refractivity contribution in [2.45, 2.75) is 13.0 Å². The summed E-state index contributed by atoms with van der Waals surface area (Å²) >= 11 is 5.03. The van der Waals surface area contributed by atoms with Crippen LogP contribution in [0.5, 0.6) is 5.75 Å². The van der Waals surface area contributed by atoms with Gasteiger partial charge in [-0.2, -0.15) is 0 Å². The molecule has 0 saturated carbocycles. The van der Waals surface area contributed by atoms with Crippen LogP contribution in [0.3, 0.4) is 0 Å². The molecule has 0 saturated heterocycles. The van der Waals surface area contributed by atoms with Crippen molar-refractivity contribution in [2.24, 2.45) is 5.73 Å². The molecule has 6 heteroatoms. The molecule has 0 unspecified atom stereocenters. The third kappa shape index (κ3) is 2.90. The monoisotopic (exact) mass is 301 g/mol. The molecule has 0 aliphatic heterocycles. The molecule has 0 amide bonds. The predicted molar refractivity (Wildman–Crippen MR) is 84.4 cm³/mol. The number of imidazole rings is 1. The number of thiocarbonyl (C=S) groups is 1. The third-order valence-electron chi connectivity index (χ3n) is 3.14. The largest absolute Gasteiger partial charge is 0.489 e. The normalized spacial score (nSPS) is 10.9. The highest BCUT2D eigenvalue weighted by molar-refractivity contribution is 7.80. The first-order valence-corrected chi connectivity index (χ1v) is 7.06. The average Bonchev–Trinajstić information content (AvgIpc) is 3.11. The summed E-state index contributed by atoms with van der Waals surface area (Å²) in [7, 11) is 0. The van der Waals surface area contributed by atoms with Gasteiger partial charge in [-0.15, -0.1) is 0 Å². The fourth-order valence-corrected chi connectivity index (χ4v) is 2.30. The zero-order valence-electron chi connectivity index (χ0n) is 11.4. The first-order valence-electron chi connectivity index (χ1n) is 6.65. The molecule has 2 N–H and O–H groups in total. The molecule has 3 aromatic rings. The summed E-state index contributed by atoms with van der Waals surface area (Å²) in [6.45, 7) is 1.40. The highest BCUT2D eigenvalue weighted by Crippen LogP contribution is 2.33. The van der Waals surface area contributed by atoms with Crippen molar-refractivity contribution in [3.8, 4) is 5.75 Å². The molecular formula is C15H15N3O2S. The Labute approximate surface area is 127 Å². The Morgan fingerprint density at radius 3 is 3.00 bits per heavy atom. The standard InChI is InChI=1S/C15H15N3O2S/c16-15(21)14-13(11-4-1-2-5-12(11)20-14)19-9-3-7-18-8-6-17-10-18/h1-2,4-6,8,10H,3,7,9H2,(H2,16,21). The van der Waals surface area contributed by atoms with Crippen LogP contribution in [0.1, 0.15) is 12.2 Å². The molecule has 0 aliphatic carbocycles. The Morgan fingerprint density at radius 1 is 1.38 bits per heavy atom. The van der Waals surface area contributed by atoms with E-state index < -0.39 is 0 Å². The number of nitrogens with two attached hydrogens (primary N) is 1. The van der Waals surface area contributed by atoms with E-state index in [1.165, 1.54) is 0 Å². The molecule has 0 atom stereocenters. The second kappa shape index (κ2) is 5.97. The van der Waals surface area contributed by atoms with Crippen LogP contribution in [0.25, 0.3) is 11.0 Å². The Kier molecular flexibility index (Phi) is 3.87. The van der Waals surface area contributed by atoms with Gasteiger partial charge in [0.1, 0.15) is 10.6 Å². The lowest BCUT2D eigenvalue weighted by atomic mass is 10.2. The Balaban J connectivity index is 1.73. The van der Waals surface area contributed by atoms with Crippen molar-refractivity contribution >= 4 is 28.2 Å². The van der Waals surface area contributed by atoms with E-state index in [1.807, 2.05) is 35.0 Å². The number of benzene rings is 1. The topological polar surface area (TPSA) is 66.2 Å². The van der Waals surface area contributed by atoms with Crippen molar-refractivity contribution in [2.75, 3.05) is 6.61 Å². The van der Waals surface area contributed by atoms with Crippen LogP contribution in [0, 0.1) is 0 Å². The number of hydrogen-bond donors (Lipinski definition) is 1. The molecule has 0 bridgehead atoms. The van der Waals surface area contributed by atoms with E-state index in [0.29, 0.717) is 18.1 Å². The number of aromatic nitrogens is 2. The highest BCUT2D eigenvalue weighted by atomic mass is 32.1. The number of furan rings is 1. The van der Waals surface area contributed by atoms with Crippen LogP contribution >= 0.6 is 12.2 Å². The molecular weight excluding hydrogens is 286 g/mol. The molecule has 0 radical (unpaired) electrons. The smallest absolute Gasteiger partial charge is 0.204 e. The van der Waals surface area contributed by atoms with E-state index in [4.69, 9.17) is 27.1 Å². The number of nitrogens with zero attached hydrogens (tertiary/aromatic N) is 2. The molecule has 0 spiro atoms. The van der Waals surface area contributed by atoms with Gasteiger partial charge in [-0.25, -0.2) is 4.98 Å². The van der Waals surface area contributed by atoms with Crippen molar-refractivity contribution < 1.29 is 9.15 Å². The number of rotatable bonds is 6. The Hall–Kier alpha value is -2.34. The molecule has 0 fully saturated rings. The van der Waals surface area contributed by atoms with Gasteiger partial charge in [0, 0.05) is 18.9 Å². The first-order chi connectivity index (χ1) is 10.3. The minimum Gasteiger partial charge on any atom is -0.489 e. The molecule has 0 aliphatic rings. The molecule has 21 heavy (non-hydrogen) atoms. The van der Waals surface area contributed by atoms with Crippen LogP contribution in [-0.4, -0.2) is 21.1 Å². The summed E-state index contributed by atoms with van der Waals surface area (Å²) in [6.07, 6.45) is 6.32. The summed E-state index contributed by atoms with van der Waals surface area (Å²) < 4.78 is 13.5. The van der Waals surface area contributed by atoms with E-state index in [0.717, 1.165) is 23.9 Å². The highest BCUT2D eigenvalue weighted by Gasteiger charge is 2.17. The molecule has 3 rings (SSSR count). The molecule has 5 nitrogen and oxygen atoms in total. The van der Waals surface area contributed by atoms with Gasteiger partial charge < -0.3 is 19.5 Å². The Morgan fingerprint density at radius 2 is 2.24 bits per heavy atom. The second-order valence-electron chi connectivity index (χ2n) is 4.62. The summed E-state index contributed by atoms with van der Waals surface area (Å²) in [5.74, 6) is 1.07. The van der Waals surface area contributed by atoms with Gasteiger partial charge in [0.25, 0.3) is 0 Å². The minimum atomic E-state index is 0.204. The SMILES string of the molecule is NC(=S)c1oc2ccccc2c1OCCCn1ccnc1. The average molecular weight is 301 g/mol. The van der Waals surface area contributed by atoms with Crippen molar-refractivity contribution in [1.29, 1.82) is 0 Å². The lowest BCUT2D eigenvalue weighted by Crippen LogP contribution is -2.11. The number of aryl methyl sites for hydroxylation is 1. The molecule has 2 aromatic heterocycles. The minimum absolute atomic E-state index is 0.204. The second-order valence-corrected chi connectivity index (χ2v) is 5.06. The van der Waals surface area contributed by atoms with Gasteiger partial charge in [0.2, 0.25) is 5.76 Å². The summed E-state index contributed by atoms with van der Waals surface area (Å²) in [4.78, 5) is 4.21. The van der Waals surface area contributed by atoms with Crippen LogP contribution in [-0.2, 0) is 6.54 Å². The predicted octanol–water partition coefficient (Wildman–Crippen LogP) is 2.73. The maximum absolute atomic E-state index is 5.86. The van der Waals surface area contributed by atoms with Gasteiger partial charge in [-0.1, -0.05) is 24.4 Å². The zero-order valence-corrected chi connectivity index (χ0v) is 12.2. The fourth-order valence-electron chi connectivity index (χ4n) is 2.17. The molecule has 2 heterocycles. The van der Waals surface area contributed by atoms with E-state index in [1.54, 1.807) is 12.5 Å². The van der Waals surface area contributed by atoms with Crippen molar-refractivity contribution in [3.05, 3.63) is 48.7 Å². The fraction of sp³-hybridized carbons (Fsp3) is 0.200. The quantitative estimate of drug-likeness (QED) is 0.560. The lowest BCUT2D eigenvalue weighted by Gasteiger charge is -2.06. The number of para-hydroxylation sites is 1.